The molecule has 1 N–H and O–H groups in total. The topological polar surface area (TPSA) is 20.2 Å². The molecular formula is C26H16O. The number of rotatable bonds is 1. The van der Waals surface area contributed by atoms with Gasteiger partial charge in [0.1, 0.15) is 5.75 Å². The summed E-state index contributed by atoms with van der Waals surface area (Å²) < 4.78 is 0. The van der Waals surface area contributed by atoms with Gasteiger partial charge in [-0.1, -0.05) is 78.9 Å². The molecule has 0 atom stereocenters. The second kappa shape index (κ2) is 5.21. The van der Waals surface area contributed by atoms with Crippen LogP contribution in [0, 0.1) is 0 Å². The predicted octanol–water partition coefficient (Wildman–Crippen LogP) is 7.11. The minimum atomic E-state index is 0.293. The number of hydrogen-bond donors (Lipinski definition) is 1. The third-order valence-electron chi connectivity index (χ3n) is 5.69. The summed E-state index contributed by atoms with van der Waals surface area (Å²) in [5.74, 6) is 0.293. The van der Waals surface area contributed by atoms with Crippen molar-refractivity contribution in [1.82, 2.24) is 0 Å². The number of aromatic hydroxyl groups is 1. The van der Waals surface area contributed by atoms with Crippen LogP contribution in [-0.2, 0) is 0 Å². The minimum absolute atomic E-state index is 0.293. The van der Waals surface area contributed by atoms with Crippen molar-refractivity contribution >= 4 is 43.1 Å². The lowest BCUT2D eigenvalue weighted by atomic mass is 9.86. The molecule has 0 aliphatic rings. The highest BCUT2D eigenvalue weighted by Gasteiger charge is 2.15. The molecule has 0 fully saturated rings. The first-order chi connectivity index (χ1) is 13.3. The van der Waals surface area contributed by atoms with Crippen molar-refractivity contribution in [2.45, 2.75) is 0 Å². The van der Waals surface area contributed by atoms with Crippen molar-refractivity contribution in [2.75, 3.05) is 0 Å². The number of benzene rings is 6. The van der Waals surface area contributed by atoms with Gasteiger partial charge in [-0.15, -0.1) is 0 Å². The Balaban J connectivity index is 1.94. The third kappa shape index (κ3) is 1.94. The van der Waals surface area contributed by atoms with E-state index in [1.807, 2.05) is 12.1 Å². The first-order valence-corrected chi connectivity index (χ1v) is 9.19. The Hall–Kier alpha value is -3.58. The van der Waals surface area contributed by atoms with Gasteiger partial charge < -0.3 is 5.11 Å². The van der Waals surface area contributed by atoms with E-state index in [4.69, 9.17) is 0 Å². The summed E-state index contributed by atoms with van der Waals surface area (Å²) in [7, 11) is 0. The van der Waals surface area contributed by atoms with Crippen molar-refractivity contribution in [3.8, 4) is 16.9 Å². The number of fused-ring (bicyclic) bond motifs is 2. The van der Waals surface area contributed by atoms with Gasteiger partial charge in [0.15, 0.2) is 0 Å². The lowest BCUT2D eigenvalue weighted by Gasteiger charge is -2.17. The summed E-state index contributed by atoms with van der Waals surface area (Å²) in [5.41, 5.74) is 2.33. The molecule has 126 valence electrons. The quantitative estimate of drug-likeness (QED) is 0.249. The Morgan fingerprint density at radius 1 is 0.444 bits per heavy atom. The first kappa shape index (κ1) is 14.6. The Kier molecular flexibility index (Phi) is 2.81. The SMILES string of the molecule is Oc1ccc(-c2ccc3cccc4c5cccc6cccc(c2c34)c65)cc1. The zero-order valence-electron chi connectivity index (χ0n) is 14.6. The Bertz CT molecular complexity index is 1450. The van der Waals surface area contributed by atoms with E-state index in [1.165, 1.54) is 48.7 Å². The number of hydrogen-bond acceptors (Lipinski definition) is 1. The molecule has 0 radical (unpaired) electrons. The third-order valence-corrected chi connectivity index (χ3v) is 5.69. The van der Waals surface area contributed by atoms with Gasteiger partial charge in [-0.05, 0) is 66.3 Å². The maximum atomic E-state index is 9.71. The highest BCUT2D eigenvalue weighted by atomic mass is 16.3. The van der Waals surface area contributed by atoms with E-state index in [0.29, 0.717) is 5.75 Å². The largest absolute Gasteiger partial charge is 0.508 e. The molecule has 0 aliphatic carbocycles. The van der Waals surface area contributed by atoms with Crippen molar-refractivity contribution in [2.24, 2.45) is 0 Å². The highest BCUT2D eigenvalue weighted by molar-refractivity contribution is 6.35. The van der Waals surface area contributed by atoms with Crippen molar-refractivity contribution in [3.05, 3.63) is 91.0 Å². The van der Waals surface area contributed by atoms with Gasteiger partial charge in [-0.2, -0.15) is 0 Å². The van der Waals surface area contributed by atoms with Crippen LogP contribution in [0.1, 0.15) is 0 Å². The van der Waals surface area contributed by atoms with Gasteiger partial charge in [0.2, 0.25) is 0 Å². The van der Waals surface area contributed by atoms with E-state index in [9.17, 15) is 5.11 Å². The zero-order valence-corrected chi connectivity index (χ0v) is 14.6. The maximum Gasteiger partial charge on any atom is 0.115 e. The fourth-order valence-corrected chi connectivity index (χ4v) is 4.54. The molecule has 0 saturated heterocycles. The molecule has 0 bridgehead atoms. The Morgan fingerprint density at radius 2 is 1.04 bits per heavy atom. The van der Waals surface area contributed by atoms with Gasteiger partial charge in [0.05, 0.1) is 0 Å². The summed E-state index contributed by atoms with van der Waals surface area (Å²) in [4.78, 5) is 0. The molecular weight excluding hydrogens is 328 g/mol. The zero-order chi connectivity index (χ0) is 18.0. The summed E-state index contributed by atoms with van der Waals surface area (Å²) >= 11 is 0. The molecule has 0 saturated carbocycles. The van der Waals surface area contributed by atoms with Crippen LogP contribution in [0.3, 0.4) is 0 Å². The van der Waals surface area contributed by atoms with Crippen LogP contribution in [0.25, 0.3) is 54.2 Å². The molecule has 1 heteroatoms. The average molecular weight is 344 g/mol. The molecule has 0 unspecified atom stereocenters. The monoisotopic (exact) mass is 344 g/mol. The van der Waals surface area contributed by atoms with E-state index in [0.717, 1.165) is 5.56 Å². The summed E-state index contributed by atoms with van der Waals surface area (Å²) in [6, 6.07) is 31.6. The van der Waals surface area contributed by atoms with Gasteiger partial charge in [0.25, 0.3) is 0 Å². The molecule has 1 nitrogen and oxygen atoms in total. The molecule has 0 spiro atoms. The van der Waals surface area contributed by atoms with Crippen molar-refractivity contribution in [1.29, 1.82) is 0 Å². The van der Waals surface area contributed by atoms with E-state index >= 15 is 0 Å². The molecule has 0 aliphatic heterocycles. The predicted molar refractivity (Wildman–Crippen MR) is 115 cm³/mol. The summed E-state index contributed by atoms with van der Waals surface area (Å²) in [6.45, 7) is 0. The molecule has 6 rings (SSSR count). The van der Waals surface area contributed by atoms with Crippen LogP contribution in [0.4, 0.5) is 0 Å². The lowest BCUT2D eigenvalue weighted by molar-refractivity contribution is 0.475. The fraction of sp³-hybridized carbons (Fsp3) is 0. The molecule has 0 amide bonds. The van der Waals surface area contributed by atoms with Gasteiger partial charge in [-0.25, -0.2) is 0 Å². The van der Waals surface area contributed by atoms with Crippen LogP contribution in [0.5, 0.6) is 5.75 Å². The van der Waals surface area contributed by atoms with Crippen LogP contribution in [-0.4, -0.2) is 5.11 Å². The van der Waals surface area contributed by atoms with Crippen LogP contribution >= 0.6 is 0 Å². The van der Waals surface area contributed by atoms with E-state index in [1.54, 1.807) is 12.1 Å². The standard InChI is InChI=1S/C26H16O/c27-19-13-10-16(11-14-19)20-15-12-18-6-2-8-22-21-7-1-4-17-5-3-9-23(24(17)21)26(20)25(18)22/h1-15,27H. The molecule has 6 aromatic rings. The number of phenols is 1. The Morgan fingerprint density at radius 3 is 1.74 bits per heavy atom. The smallest absolute Gasteiger partial charge is 0.115 e. The molecule has 6 aromatic carbocycles. The first-order valence-electron chi connectivity index (χ1n) is 9.19. The van der Waals surface area contributed by atoms with Gasteiger partial charge in [0, 0.05) is 0 Å². The van der Waals surface area contributed by atoms with Gasteiger partial charge >= 0.3 is 0 Å². The molecule has 0 aromatic heterocycles. The fourth-order valence-electron chi connectivity index (χ4n) is 4.54. The summed E-state index contributed by atoms with van der Waals surface area (Å²) in [5, 5.41) is 20.1. The van der Waals surface area contributed by atoms with Crippen LogP contribution in [0.15, 0.2) is 91.0 Å². The summed E-state index contributed by atoms with van der Waals surface area (Å²) in [6.07, 6.45) is 0. The average Bonchev–Trinajstić information content (AvgIpc) is 2.72. The highest BCUT2D eigenvalue weighted by Crippen LogP contribution is 2.44. The van der Waals surface area contributed by atoms with Crippen molar-refractivity contribution < 1.29 is 5.11 Å². The molecule has 0 heterocycles. The van der Waals surface area contributed by atoms with Crippen LogP contribution < -0.4 is 0 Å². The van der Waals surface area contributed by atoms with Crippen molar-refractivity contribution in [3.63, 3.8) is 0 Å². The lowest BCUT2D eigenvalue weighted by Crippen LogP contribution is -1.89. The normalized spacial score (nSPS) is 11.9. The maximum absolute atomic E-state index is 9.71. The van der Waals surface area contributed by atoms with E-state index in [-0.39, 0.29) is 0 Å². The molecule has 27 heavy (non-hydrogen) atoms. The second-order valence-corrected chi connectivity index (χ2v) is 7.15. The van der Waals surface area contributed by atoms with Crippen LogP contribution in [0.2, 0.25) is 0 Å². The van der Waals surface area contributed by atoms with Gasteiger partial charge in [-0.3, -0.25) is 0 Å². The van der Waals surface area contributed by atoms with E-state index < -0.39 is 0 Å². The Labute approximate surface area is 156 Å². The van der Waals surface area contributed by atoms with E-state index in [2.05, 4.69) is 66.7 Å². The number of phenolic OH excluding ortho intramolecular Hbond substituents is 1. The minimum Gasteiger partial charge on any atom is -0.508 e. The second-order valence-electron chi connectivity index (χ2n) is 7.15.